The van der Waals surface area contributed by atoms with E-state index < -0.39 is 18.3 Å². The Bertz CT molecular complexity index is 545. The van der Waals surface area contributed by atoms with Crippen LogP contribution in [-0.2, 0) is 6.54 Å². The SMILES string of the molecule is NCC1CCCN1c1cnn(CC(F)(F)F)c(=O)c1Cl. The molecule has 20 heavy (non-hydrogen) atoms. The highest BCUT2D eigenvalue weighted by molar-refractivity contribution is 6.33. The Balaban J connectivity index is 2.34. The first-order valence-electron chi connectivity index (χ1n) is 6.12. The summed E-state index contributed by atoms with van der Waals surface area (Å²) in [6, 6.07) is 0.0344. The Morgan fingerprint density at radius 3 is 2.80 bits per heavy atom. The lowest BCUT2D eigenvalue weighted by molar-refractivity contribution is -0.143. The van der Waals surface area contributed by atoms with Gasteiger partial charge in [0.15, 0.2) is 0 Å². The van der Waals surface area contributed by atoms with Crippen molar-refractivity contribution >= 4 is 17.3 Å². The van der Waals surface area contributed by atoms with Gasteiger partial charge in [-0.25, -0.2) is 4.68 Å². The summed E-state index contributed by atoms with van der Waals surface area (Å²) in [6.07, 6.45) is -1.57. The Hall–Kier alpha value is -1.28. The Labute approximate surface area is 118 Å². The predicted molar refractivity (Wildman–Crippen MR) is 69.0 cm³/mol. The summed E-state index contributed by atoms with van der Waals surface area (Å²) in [7, 11) is 0. The van der Waals surface area contributed by atoms with E-state index in [1.54, 1.807) is 0 Å². The number of hydrogen-bond donors (Lipinski definition) is 1. The molecular weight excluding hydrogens is 297 g/mol. The standard InChI is InChI=1S/C11H14ClF3N4O/c12-9-8(18-3-1-2-7(18)4-16)5-17-19(10(9)20)6-11(13,14)15/h5,7H,1-4,6,16H2. The van der Waals surface area contributed by atoms with Gasteiger partial charge in [0, 0.05) is 19.1 Å². The molecular formula is C11H14ClF3N4O. The fourth-order valence-electron chi connectivity index (χ4n) is 2.34. The summed E-state index contributed by atoms with van der Waals surface area (Å²) >= 11 is 5.91. The molecule has 2 N–H and O–H groups in total. The highest BCUT2D eigenvalue weighted by atomic mass is 35.5. The lowest BCUT2D eigenvalue weighted by Crippen LogP contribution is -2.38. The van der Waals surface area contributed by atoms with Crippen LogP contribution in [0.1, 0.15) is 12.8 Å². The van der Waals surface area contributed by atoms with Gasteiger partial charge in [-0.3, -0.25) is 4.79 Å². The zero-order valence-electron chi connectivity index (χ0n) is 10.5. The van der Waals surface area contributed by atoms with E-state index in [0.717, 1.165) is 12.8 Å². The minimum absolute atomic E-state index is 0.0344. The third kappa shape index (κ3) is 3.06. The second-order valence-corrected chi connectivity index (χ2v) is 5.02. The molecule has 1 aliphatic heterocycles. The molecule has 1 unspecified atom stereocenters. The molecule has 0 spiro atoms. The van der Waals surface area contributed by atoms with Crippen molar-refractivity contribution in [1.29, 1.82) is 0 Å². The number of hydrogen-bond acceptors (Lipinski definition) is 4. The van der Waals surface area contributed by atoms with Crippen molar-refractivity contribution in [2.24, 2.45) is 5.73 Å². The fourth-order valence-corrected chi connectivity index (χ4v) is 2.59. The van der Waals surface area contributed by atoms with Gasteiger partial charge in [-0.1, -0.05) is 11.6 Å². The normalized spacial score (nSPS) is 19.6. The molecule has 2 heterocycles. The summed E-state index contributed by atoms with van der Waals surface area (Å²) in [5.74, 6) is 0. The maximum Gasteiger partial charge on any atom is 0.408 e. The van der Waals surface area contributed by atoms with Crippen molar-refractivity contribution in [3.63, 3.8) is 0 Å². The van der Waals surface area contributed by atoms with Crippen molar-refractivity contribution in [3.05, 3.63) is 21.6 Å². The van der Waals surface area contributed by atoms with Crippen molar-refractivity contribution in [1.82, 2.24) is 9.78 Å². The summed E-state index contributed by atoms with van der Waals surface area (Å²) in [6.45, 7) is -0.403. The highest BCUT2D eigenvalue weighted by Gasteiger charge is 2.31. The minimum atomic E-state index is -4.52. The molecule has 9 heteroatoms. The maximum atomic E-state index is 12.3. The fraction of sp³-hybridized carbons (Fsp3) is 0.636. The molecule has 0 aliphatic carbocycles. The highest BCUT2D eigenvalue weighted by Crippen LogP contribution is 2.29. The number of alkyl halides is 3. The van der Waals surface area contributed by atoms with Gasteiger partial charge >= 0.3 is 6.18 Å². The van der Waals surface area contributed by atoms with E-state index in [9.17, 15) is 18.0 Å². The molecule has 1 saturated heterocycles. The Morgan fingerprint density at radius 1 is 1.50 bits per heavy atom. The molecule has 1 atom stereocenters. The van der Waals surface area contributed by atoms with E-state index in [0.29, 0.717) is 23.5 Å². The largest absolute Gasteiger partial charge is 0.408 e. The molecule has 112 valence electrons. The third-order valence-electron chi connectivity index (χ3n) is 3.25. The molecule has 5 nitrogen and oxygen atoms in total. The van der Waals surface area contributed by atoms with E-state index in [2.05, 4.69) is 5.10 Å². The van der Waals surface area contributed by atoms with E-state index >= 15 is 0 Å². The summed E-state index contributed by atoms with van der Waals surface area (Å²) in [5.41, 5.74) is 5.04. The van der Waals surface area contributed by atoms with Crippen LogP contribution in [0.3, 0.4) is 0 Å². The van der Waals surface area contributed by atoms with Gasteiger partial charge in [-0.2, -0.15) is 18.3 Å². The van der Waals surface area contributed by atoms with Gasteiger partial charge in [0.05, 0.1) is 11.9 Å². The second kappa shape index (κ2) is 5.61. The molecule has 1 fully saturated rings. The average Bonchev–Trinajstić information content (AvgIpc) is 2.82. The summed E-state index contributed by atoms with van der Waals surface area (Å²) < 4.78 is 37.2. The zero-order valence-corrected chi connectivity index (χ0v) is 11.3. The summed E-state index contributed by atoms with van der Waals surface area (Å²) in [4.78, 5) is 13.7. The molecule has 0 aromatic carbocycles. The lowest BCUT2D eigenvalue weighted by atomic mass is 10.2. The summed E-state index contributed by atoms with van der Waals surface area (Å²) in [5, 5.41) is 3.31. The van der Waals surface area contributed by atoms with Crippen molar-refractivity contribution in [2.75, 3.05) is 18.0 Å². The van der Waals surface area contributed by atoms with Gasteiger partial charge in [0.25, 0.3) is 5.56 Å². The van der Waals surface area contributed by atoms with Gasteiger partial charge in [-0.05, 0) is 12.8 Å². The Morgan fingerprint density at radius 2 is 2.20 bits per heavy atom. The topological polar surface area (TPSA) is 64.2 Å². The maximum absolute atomic E-state index is 12.3. The quantitative estimate of drug-likeness (QED) is 0.916. The first-order chi connectivity index (χ1) is 9.33. The molecule has 0 bridgehead atoms. The molecule has 0 amide bonds. The van der Waals surface area contributed by atoms with Crippen LogP contribution in [0.2, 0.25) is 5.02 Å². The molecule has 0 saturated carbocycles. The smallest absolute Gasteiger partial charge is 0.365 e. The van der Waals surface area contributed by atoms with Gasteiger partial charge in [-0.15, -0.1) is 0 Å². The molecule has 1 aromatic rings. The molecule has 1 aromatic heterocycles. The number of anilines is 1. The van der Waals surface area contributed by atoms with Crippen LogP contribution in [0, 0.1) is 0 Å². The van der Waals surface area contributed by atoms with Crippen molar-refractivity contribution in [3.8, 4) is 0 Å². The Kier molecular flexibility index (Phi) is 4.24. The van der Waals surface area contributed by atoms with Crippen LogP contribution in [-0.4, -0.2) is 35.1 Å². The van der Waals surface area contributed by atoms with Crippen LogP contribution in [0.4, 0.5) is 18.9 Å². The van der Waals surface area contributed by atoms with Gasteiger partial charge < -0.3 is 10.6 Å². The average molecular weight is 311 g/mol. The van der Waals surface area contributed by atoms with E-state index in [-0.39, 0.29) is 11.1 Å². The van der Waals surface area contributed by atoms with Crippen LogP contribution >= 0.6 is 11.6 Å². The second-order valence-electron chi connectivity index (χ2n) is 4.65. The van der Waals surface area contributed by atoms with Crippen LogP contribution in [0.5, 0.6) is 0 Å². The monoisotopic (exact) mass is 310 g/mol. The number of nitrogens with two attached hydrogens (primary N) is 1. The molecule has 1 aliphatic rings. The van der Waals surface area contributed by atoms with E-state index in [1.165, 1.54) is 6.20 Å². The predicted octanol–water partition coefficient (Wildman–Crippen LogP) is 1.39. The lowest BCUT2D eigenvalue weighted by Gasteiger charge is -2.26. The van der Waals surface area contributed by atoms with E-state index in [1.807, 2.05) is 4.90 Å². The first-order valence-corrected chi connectivity index (χ1v) is 6.50. The third-order valence-corrected chi connectivity index (χ3v) is 3.61. The number of aromatic nitrogens is 2. The number of nitrogens with zero attached hydrogens (tertiary/aromatic N) is 3. The van der Waals surface area contributed by atoms with Crippen LogP contribution < -0.4 is 16.2 Å². The van der Waals surface area contributed by atoms with Crippen molar-refractivity contribution in [2.45, 2.75) is 31.6 Å². The van der Waals surface area contributed by atoms with Crippen molar-refractivity contribution < 1.29 is 13.2 Å². The molecule has 0 radical (unpaired) electrons. The number of halogens is 4. The first kappa shape index (κ1) is 15.1. The number of rotatable bonds is 3. The minimum Gasteiger partial charge on any atom is -0.365 e. The van der Waals surface area contributed by atoms with Gasteiger partial charge in [0.1, 0.15) is 11.6 Å². The molecule has 2 rings (SSSR count). The van der Waals surface area contributed by atoms with Crippen LogP contribution in [0.25, 0.3) is 0 Å². The van der Waals surface area contributed by atoms with E-state index in [4.69, 9.17) is 17.3 Å². The van der Waals surface area contributed by atoms with Crippen LogP contribution in [0.15, 0.2) is 11.0 Å². The van der Waals surface area contributed by atoms with Gasteiger partial charge in [0.2, 0.25) is 0 Å². The zero-order chi connectivity index (χ0) is 14.9.